The molecule has 1 aliphatic carbocycles. The van der Waals surface area contributed by atoms with Gasteiger partial charge in [0.05, 0.1) is 6.04 Å². The summed E-state index contributed by atoms with van der Waals surface area (Å²) in [5, 5.41) is 2.87. The molecular formula is C16H26N2O2. The van der Waals surface area contributed by atoms with Crippen LogP contribution in [0.3, 0.4) is 0 Å². The Hall–Kier alpha value is -1.16. The summed E-state index contributed by atoms with van der Waals surface area (Å²) >= 11 is 0. The van der Waals surface area contributed by atoms with E-state index in [-0.39, 0.29) is 23.9 Å². The summed E-state index contributed by atoms with van der Waals surface area (Å²) in [4.78, 5) is 26.5. The molecule has 0 radical (unpaired) electrons. The van der Waals surface area contributed by atoms with Gasteiger partial charge in [-0.2, -0.15) is 0 Å². The molecule has 3 unspecified atom stereocenters. The summed E-state index contributed by atoms with van der Waals surface area (Å²) < 4.78 is 0. The summed E-state index contributed by atoms with van der Waals surface area (Å²) in [6, 6.07) is 0.108. The number of nitrogens with zero attached hydrogens (tertiary/aromatic N) is 1. The van der Waals surface area contributed by atoms with Crippen molar-refractivity contribution in [1.29, 1.82) is 0 Å². The lowest BCUT2D eigenvalue weighted by molar-refractivity contribution is -0.131. The molecule has 3 atom stereocenters. The number of carbonyl (C=O) groups is 2. The van der Waals surface area contributed by atoms with Crippen molar-refractivity contribution in [3.63, 3.8) is 0 Å². The fourth-order valence-electron chi connectivity index (χ4n) is 3.61. The molecule has 2 rings (SSSR count). The van der Waals surface area contributed by atoms with Gasteiger partial charge in [-0.3, -0.25) is 14.5 Å². The van der Waals surface area contributed by atoms with Crippen molar-refractivity contribution in [2.24, 2.45) is 5.92 Å². The lowest BCUT2D eigenvalue weighted by Gasteiger charge is -2.41. The van der Waals surface area contributed by atoms with Crippen LogP contribution in [0.25, 0.3) is 0 Å². The molecule has 112 valence electrons. The molecule has 1 heterocycles. The average molecular weight is 278 g/mol. The fraction of sp³-hybridized carbons (Fsp3) is 0.750. The number of ketones is 1. The minimum Gasteiger partial charge on any atom is -0.351 e. The van der Waals surface area contributed by atoms with E-state index in [0.717, 1.165) is 38.6 Å². The predicted octanol–water partition coefficient (Wildman–Crippen LogP) is 1.90. The molecule has 20 heavy (non-hydrogen) atoms. The van der Waals surface area contributed by atoms with Gasteiger partial charge < -0.3 is 5.32 Å². The normalized spacial score (nSPS) is 29.1. The second kappa shape index (κ2) is 7.02. The Morgan fingerprint density at radius 1 is 1.45 bits per heavy atom. The Balaban J connectivity index is 2.04. The number of likely N-dealkylation sites (tertiary alicyclic amines) is 1. The molecule has 1 N–H and O–H groups in total. The SMILES string of the molecule is C=CCNC(=O)C(C)N1CCCCC1C1CCCC1=O. The minimum atomic E-state index is -0.159. The first-order valence-corrected chi connectivity index (χ1v) is 7.82. The topological polar surface area (TPSA) is 49.4 Å². The highest BCUT2D eigenvalue weighted by molar-refractivity contribution is 5.84. The van der Waals surface area contributed by atoms with Crippen molar-refractivity contribution >= 4 is 11.7 Å². The number of carbonyl (C=O) groups excluding carboxylic acids is 2. The minimum absolute atomic E-state index is 0.0437. The summed E-state index contributed by atoms with van der Waals surface area (Å²) in [5.74, 6) is 0.604. The van der Waals surface area contributed by atoms with E-state index >= 15 is 0 Å². The van der Waals surface area contributed by atoms with Crippen molar-refractivity contribution < 1.29 is 9.59 Å². The van der Waals surface area contributed by atoms with Gasteiger partial charge in [0.1, 0.15) is 5.78 Å². The van der Waals surface area contributed by atoms with Crippen molar-refractivity contribution in [3.8, 4) is 0 Å². The largest absolute Gasteiger partial charge is 0.351 e. The molecular weight excluding hydrogens is 252 g/mol. The lowest BCUT2D eigenvalue weighted by atomic mass is 9.87. The van der Waals surface area contributed by atoms with Crippen molar-refractivity contribution in [2.45, 2.75) is 57.5 Å². The maximum Gasteiger partial charge on any atom is 0.237 e. The molecule has 4 nitrogen and oxygen atoms in total. The number of rotatable bonds is 5. The highest BCUT2D eigenvalue weighted by atomic mass is 16.2. The van der Waals surface area contributed by atoms with Crippen LogP contribution in [-0.4, -0.2) is 41.8 Å². The van der Waals surface area contributed by atoms with Gasteiger partial charge >= 0.3 is 0 Å². The van der Waals surface area contributed by atoms with Crippen LogP contribution in [0.4, 0.5) is 0 Å². The van der Waals surface area contributed by atoms with E-state index in [4.69, 9.17) is 0 Å². The maximum absolute atomic E-state index is 12.2. The summed E-state index contributed by atoms with van der Waals surface area (Å²) in [5.41, 5.74) is 0. The zero-order valence-electron chi connectivity index (χ0n) is 12.4. The number of Topliss-reactive ketones (excluding diaryl/α,β-unsaturated/α-hetero) is 1. The molecule has 0 aromatic heterocycles. The Morgan fingerprint density at radius 3 is 2.90 bits per heavy atom. The first kappa shape index (κ1) is 15.2. The molecule has 1 amide bonds. The third kappa shape index (κ3) is 3.29. The third-order valence-corrected chi connectivity index (χ3v) is 4.71. The molecule has 0 spiro atoms. The molecule has 4 heteroatoms. The second-order valence-electron chi connectivity index (χ2n) is 5.98. The quantitative estimate of drug-likeness (QED) is 0.781. The molecule has 1 saturated heterocycles. The smallest absolute Gasteiger partial charge is 0.237 e. The van der Waals surface area contributed by atoms with Crippen LogP contribution in [0.1, 0.15) is 45.4 Å². The van der Waals surface area contributed by atoms with E-state index in [0.29, 0.717) is 12.3 Å². The van der Waals surface area contributed by atoms with E-state index in [9.17, 15) is 9.59 Å². The molecule has 1 aliphatic heterocycles. The molecule has 1 saturated carbocycles. The number of amides is 1. The van der Waals surface area contributed by atoms with Gasteiger partial charge in [0.25, 0.3) is 0 Å². The summed E-state index contributed by atoms with van der Waals surface area (Å²) in [6.07, 6.45) is 7.79. The van der Waals surface area contributed by atoms with Gasteiger partial charge in [0.2, 0.25) is 5.91 Å². The van der Waals surface area contributed by atoms with Gasteiger partial charge in [-0.1, -0.05) is 12.5 Å². The summed E-state index contributed by atoms with van der Waals surface area (Å²) in [7, 11) is 0. The number of hydrogen-bond donors (Lipinski definition) is 1. The van der Waals surface area contributed by atoms with Gasteiger partial charge in [0.15, 0.2) is 0 Å². The Morgan fingerprint density at radius 2 is 2.25 bits per heavy atom. The standard InChI is InChI=1S/C16H26N2O2/c1-3-10-17-16(20)12(2)18-11-5-4-8-14(18)13-7-6-9-15(13)19/h3,12-14H,1,4-11H2,2H3,(H,17,20). The van der Waals surface area contributed by atoms with E-state index in [1.165, 1.54) is 6.42 Å². The number of piperidine rings is 1. The van der Waals surface area contributed by atoms with Crippen LogP contribution in [0.15, 0.2) is 12.7 Å². The van der Waals surface area contributed by atoms with E-state index in [2.05, 4.69) is 16.8 Å². The first-order chi connectivity index (χ1) is 9.65. The van der Waals surface area contributed by atoms with Crippen molar-refractivity contribution in [2.75, 3.05) is 13.1 Å². The Kier molecular flexibility index (Phi) is 5.35. The maximum atomic E-state index is 12.2. The summed E-state index contributed by atoms with van der Waals surface area (Å²) in [6.45, 7) is 7.01. The highest BCUT2D eigenvalue weighted by Gasteiger charge is 2.39. The zero-order valence-corrected chi connectivity index (χ0v) is 12.4. The molecule has 2 fully saturated rings. The number of nitrogens with one attached hydrogen (secondary N) is 1. The van der Waals surface area contributed by atoms with Gasteiger partial charge in [-0.15, -0.1) is 6.58 Å². The molecule has 2 aliphatic rings. The van der Waals surface area contributed by atoms with E-state index < -0.39 is 0 Å². The van der Waals surface area contributed by atoms with Crippen LogP contribution >= 0.6 is 0 Å². The van der Waals surface area contributed by atoms with E-state index in [1.54, 1.807) is 6.08 Å². The third-order valence-electron chi connectivity index (χ3n) is 4.71. The predicted molar refractivity (Wildman–Crippen MR) is 79.4 cm³/mol. The molecule has 0 aromatic rings. The van der Waals surface area contributed by atoms with Crippen LogP contribution in [0.2, 0.25) is 0 Å². The number of hydrogen-bond acceptors (Lipinski definition) is 3. The van der Waals surface area contributed by atoms with E-state index in [1.807, 2.05) is 6.92 Å². The van der Waals surface area contributed by atoms with Crippen LogP contribution in [0.5, 0.6) is 0 Å². The fourth-order valence-corrected chi connectivity index (χ4v) is 3.61. The van der Waals surface area contributed by atoms with Crippen LogP contribution < -0.4 is 5.32 Å². The zero-order chi connectivity index (χ0) is 14.5. The van der Waals surface area contributed by atoms with Gasteiger partial charge in [0, 0.05) is 24.9 Å². The van der Waals surface area contributed by atoms with Crippen molar-refractivity contribution in [1.82, 2.24) is 10.2 Å². The second-order valence-corrected chi connectivity index (χ2v) is 5.98. The van der Waals surface area contributed by atoms with Gasteiger partial charge in [-0.05, 0) is 39.2 Å². The molecule has 0 aromatic carbocycles. The highest BCUT2D eigenvalue weighted by Crippen LogP contribution is 2.33. The lowest BCUT2D eigenvalue weighted by Crippen LogP contribution is -2.54. The Labute approximate surface area is 121 Å². The Bertz CT molecular complexity index is 381. The van der Waals surface area contributed by atoms with Crippen molar-refractivity contribution in [3.05, 3.63) is 12.7 Å². The van der Waals surface area contributed by atoms with Crippen LogP contribution in [0, 0.1) is 5.92 Å². The monoisotopic (exact) mass is 278 g/mol. The first-order valence-electron chi connectivity index (χ1n) is 7.82. The van der Waals surface area contributed by atoms with Gasteiger partial charge in [-0.25, -0.2) is 0 Å². The van der Waals surface area contributed by atoms with Crippen LogP contribution in [-0.2, 0) is 9.59 Å². The molecule has 0 bridgehead atoms. The average Bonchev–Trinajstić information content (AvgIpc) is 2.90.